The number of aliphatic imine (C=N–C) groups is 1. The molecule has 10 heteroatoms. The first kappa shape index (κ1) is 26.8. The Labute approximate surface area is 209 Å². The van der Waals surface area contributed by atoms with Crippen LogP contribution in [0.4, 0.5) is 0 Å². The van der Waals surface area contributed by atoms with Crippen LogP contribution < -0.4 is 10.6 Å². The molecule has 182 valence electrons. The second-order valence-electron chi connectivity index (χ2n) is 9.23. The maximum Gasteiger partial charge on any atom is 0.230 e. The summed E-state index contributed by atoms with van der Waals surface area (Å²) in [7, 11) is 5.67. The van der Waals surface area contributed by atoms with Crippen molar-refractivity contribution < 1.29 is 4.79 Å². The number of carbonyl (C=O) groups excluding carboxylic acids is 1. The standard InChI is InChI=1S/C22H40N8O.HI/c1-6-30-13-9-10-18(30)14-23-21(24-15-19-27-26-17(2)29(19)5)25-16-22(11-7-8-12-22)20(31)28(3)4;/h18H,6-16H2,1-5H3,(H2,23,24,25);1H. The number of likely N-dealkylation sites (tertiary alicyclic amines) is 1. The molecule has 1 saturated heterocycles. The van der Waals surface area contributed by atoms with Crippen LogP contribution in [0.2, 0.25) is 0 Å². The van der Waals surface area contributed by atoms with Crippen molar-refractivity contribution in [3.63, 3.8) is 0 Å². The van der Waals surface area contributed by atoms with Crippen molar-refractivity contribution in [2.45, 2.75) is 65.0 Å². The van der Waals surface area contributed by atoms with Gasteiger partial charge in [-0.3, -0.25) is 9.69 Å². The van der Waals surface area contributed by atoms with E-state index in [-0.39, 0.29) is 35.3 Å². The SMILES string of the molecule is CCN1CCCC1CNC(=NCc1nnc(C)n1C)NCC1(C(=O)N(C)C)CCCC1.I. The van der Waals surface area contributed by atoms with Gasteiger partial charge in [-0.15, -0.1) is 34.2 Å². The van der Waals surface area contributed by atoms with Crippen molar-refractivity contribution >= 4 is 35.8 Å². The number of nitrogens with zero attached hydrogens (tertiary/aromatic N) is 6. The second kappa shape index (κ2) is 12.2. The molecule has 1 amide bonds. The summed E-state index contributed by atoms with van der Waals surface area (Å²) in [6.07, 6.45) is 6.52. The number of guanidine groups is 1. The van der Waals surface area contributed by atoms with Gasteiger partial charge < -0.3 is 20.1 Å². The largest absolute Gasteiger partial charge is 0.355 e. The van der Waals surface area contributed by atoms with Crippen LogP contribution in [-0.4, -0.2) is 82.7 Å². The normalized spacial score (nSPS) is 20.8. The van der Waals surface area contributed by atoms with Gasteiger partial charge in [0, 0.05) is 40.3 Å². The second-order valence-corrected chi connectivity index (χ2v) is 9.23. The molecule has 1 atom stereocenters. The van der Waals surface area contributed by atoms with Crippen molar-refractivity contribution in [2.75, 3.05) is 40.3 Å². The summed E-state index contributed by atoms with van der Waals surface area (Å²) in [6, 6.07) is 0.526. The zero-order valence-electron chi connectivity index (χ0n) is 20.4. The molecule has 1 aromatic rings. The highest BCUT2D eigenvalue weighted by Gasteiger charge is 2.42. The Hall–Kier alpha value is -1.43. The summed E-state index contributed by atoms with van der Waals surface area (Å²) in [6.45, 7) is 8.31. The van der Waals surface area contributed by atoms with Crippen LogP contribution in [-0.2, 0) is 18.4 Å². The Morgan fingerprint density at radius 2 is 1.94 bits per heavy atom. The number of carbonyl (C=O) groups is 1. The summed E-state index contributed by atoms with van der Waals surface area (Å²) in [5, 5.41) is 15.4. The molecule has 1 aromatic heterocycles. The monoisotopic (exact) mass is 560 g/mol. The quantitative estimate of drug-likeness (QED) is 0.287. The number of aromatic nitrogens is 3. The molecule has 0 aromatic carbocycles. The fourth-order valence-corrected chi connectivity index (χ4v) is 4.92. The molecular formula is C22H41IN8O. The number of aryl methyl sites for hydroxylation is 1. The molecule has 2 fully saturated rings. The van der Waals surface area contributed by atoms with Crippen LogP contribution in [0.5, 0.6) is 0 Å². The average Bonchev–Trinajstić information content (AvgIpc) is 3.49. The summed E-state index contributed by atoms with van der Waals surface area (Å²) in [4.78, 5) is 22.0. The fraction of sp³-hybridized carbons (Fsp3) is 0.818. The lowest BCUT2D eigenvalue weighted by Gasteiger charge is -2.32. The Balaban J connectivity index is 0.00000363. The molecular weight excluding hydrogens is 519 g/mol. The highest BCUT2D eigenvalue weighted by Crippen LogP contribution is 2.38. The number of amides is 1. The minimum Gasteiger partial charge on any atom is -0.355 e. The van der Waals surface area contributed by atoms with Crippen LogP contribution in [0.3, 0.4) is 0 Å². The van der Waals surface area contributed by atoms with Gasteiger partial charge >= 0.3 is 0 Å². The van der Waals surface area contributed by atoms with Crippen molar-refractivity contribution in [3.8, 4) is 0 Å². The highest BCUT2D eigenvalue weighted by molar-refractivity contribution is 14.0. The molecule has 1 saturated carbocycles. The topological polar surface area (TPSA) is 90.7 Å². The van der Waals surface area contributed by atoms with Gasteiger partial charge in [0.15, 0.2) is 11.8 Å². The number of halogens is 1. The molecule has 32 heavy (non-hydrogen) atoms. The number of nitrogens with one attached hydrogen (secondary N) is 2. The molecule has 2 aliphatic rings. The maximum atomic E-state index is 13.0. The van der Waals surface area contributed by atoms with Gasteiger partial charge in [0.25, 0.3) is 0 Å². The van der Waals surface area contributed by atoms with Gasteiger partial charge in [-0.2, -0.15) is 0 Å². The van der Waals surface area contributed by atoms with E-state index < -0.39 is 0 Å². The summed E-state index contributed by atoms with van der Waals surface area (Å²) in [5.74, 6) is 2.67. The first-order valence-electron chi connectivity index (χ1n) is 11.7. The Kier molecular flexibility index (Phi) is 10.2. The van der Waals surface area contributed by atoms with Crippen LogP contribution in [0.1, 0.15) is 57.1 Å². The van der Waals surface area contributed by atoms with Crippen LogP contribution in [0.15, 0.2) is 4.99 Å². The maximum absolute atomic E-state index is 13.0. The number of hydrogen-bond donors (Lipinski definition) is 2. The predicted octanol–water partition coefficient (Wildman–Crippen LogP) is 1.91. The van der Waals surface area contributed by atoms with Gasteiger partial charge in [-0.05, 0) is 45.7 Å². The molecule has 0 bridgehead atoms. The van der Waals surface area contributed by atoms with E-state index in [1.54, 1.807) is 4.90 Å². The zero-order valence-corrected chi connectivity index (χ0v) is 22.7. The predicted molar refractivity (Wildman–Crippen MR) is 138 cm³/mol. The summed E-state index contributed by atoms with van der Waals surface area (Å²) >= 11 is 0. The number of likely N-dealkylation sites (N-methyl/N-ethyl adjacent to an activating group) is 1. The smallest absolute Gasteiger partial charge is 0.230 e. The average molecular weight is 561 g/mol. The minimum absolute atomic E-state index is 0. The van der Waals surface area contributed by atoms with E-state index in [1.165, 1.54) is 19.4 Å². The summed E-state index contributed by atoms with van der Waals surface area (Å²) < 4.78 is 1.96. The van der Waals surface area contributed by atoms with E-state index in [1.807, 2.05) is 32.6 Å². The highest BCUT2D eigenvalue weighted by atomic mass is 127. The van der Waals surface area contributed by atoms with E-state index in [9.17, 15) is 4.79 Å². The van der Waals surface area contributed by atoms with E-state index >= 15 is 0 Å². The molecule has 3 rings (SSSR count). The molecule has 1 aliphatic heterocycles. The molecule has 2 N–H and O–H groups in total. The lowest BCUT2D eigenvalue weighted by Crippen LogP contribution is -2.51. The fourth-order valence-electron chi connectivity index (χ4n) is 4.92. The van der Waals surface area contributed by atoms with Gasteiger partial charge in [0.05, 0.1) is 5.41 Å². The van der Waals surface area contributed by atoms with E-state index in [4.69, 9.17) is 4.99 Å². The first-order chi connectivity index (χ1) is 14.9. The Bertz CT molecular complexity index is 772. The first-order valence-corrected chi connectivity index (χ1v) is 11.7. The van der Waals surface area contributed by atoms with Gasteiger partial charge in [-0.1, -0.05) is 19.8 Å². The van der Waals surface area contributed by atoms with Gasteiger partial charge in [0.1, 0.15) is 12.4 Å². The van der Waals surface area contributed by atoms with Crippen molar-refractivity contribution in [3.05, 3.63) is 11.6 Å². The van der Waals surface area contributed by atoms with Crippen molar-refractivity contribution in [1.29, 1.82) is 0 Å². The minimum atomic E-state index is -0.337. The molecule has 2 heterocycles. The van der Waals surface area contributed by atoms with Crippen LogP contribution >= 0.6 is 24.0 Å². The molecule has 1 aliphatic carbocycles. The van der Waals surface area contributed by atoms with Gasteiger partial charge in [0.2, 0.25) is 5.91 Å². The summed E-state index contributed by atoms with van der Waals surface area (Å²) in [5.41, 5.74) is -0.337. The van der Waals surface area contributed by atoms with Crippen molar-refractivity contribution in [2.24, 2.45) is 17.5 Å². The third kappa shape index (κ3) is 6.33. The third-order valence-electron chi connectivity index (χ3n) is 6.99. The van der Waals surface area contributed by atoms with E-state index in [0.29, 0.717) is 19.1 Å². The Morgan fingerprint density at radius 1 is 1.22 bits per heavy atom. The molecule has 9 nitrogen and oxygen atoms in total. The lowest BCUT2D eigenvalue weighted by molar-refractivity contribution is -0.138. The number of hydrogen-bond acceptors (Lipinski definition) is 5. The van der Waals surface area contributed by atoms with Crippen LogP contribution in [0, 0.1) is 12.3 Å². The van der Waals surface area contributed by atoms with Gasteiger partial charge in [-0.25, -0.2) is 4.99 Å². The third-order valence-corrected chi connectivity index (χ3v) is 6.99. The molecule has 1 unspecified atom stereocenters. The zero-order chi connectivity index (χ0) is 22.4. The van der Waals surface area contributed by atoms with Crippen molar-refractivity contribution in [1.82, 2.24) is 35.2 Å². The molecule has 0 spiro atoms. The molecule has 0 radical (unpaired) electrons. The number of rotatable bonds is 8. The lowest BCUT2D eigenvalue weighted by atomic mass is 9.84. The van der Waals surface area contributed by atoms with E-state index in [0.717, 1.165) is 56.4 Å². The van der Waals surface area contributed by atoms with E-state index in [2.05, 4.69) is 32.7 Å². The van der Waals surface area contributed by atoms with Crippen LogP contribution in [0.25, 0.3) is 0 Å². The Morgan fingerprint density at radius 3 is 2.53 bits per heavy atom.